The standard InChI is InChI=1S/C23H22N2O4/c1-16(26)24-19-10-13-22(28-2)21(14-19)25-23(27)18-8-11-20(12-9-18)29-15-17-6-4-3-5-7-17/h3-14H,15H2,1-2H3,(H,24,26)(H,25,27). The molecule has 0 aliphatic heterocycles. The summed E-state index contributed by atoms with van der Waals surface area (Å²) >= 11 is 0. The first-order valence-electron chi connectivity index (χ1n) is 9.09. The van der Waals surface area contributed by atoms with E-state index in [9.17, 15) is 9.59 Å². The second-order valence-corrected chi connectivity index (χ2v) is 6.35. The predicted molar refractivity (Wildman–Crippen MR) is 112 cm³/mol. The Morgan fingerprint density at radius 2 is 1.62 bits per heavy atom. The maximum Gasteiger partial charge on any atom is 0.255 e. The fourth-order valence-corrected chi connectivity index (χ4v) is 2.72. The summed E-state index contributed by atoms with van der Waals surface area (Å²) in [5.74, 6) is 0.683. The molecule has 0 unspecified atom stereocenters. The normalized spacial score (nSPS) is 10.1. The first-order chi connectivity index (χ1) is 14.0. The van der Waals surface area contributed by atoms with Crippen LogP contribution in [0, 0.1) is 0 Å². The van der Waals surface area contributed by atoms with Crippen LogP contribution in [0.1, 0.15) is 22.8 Å². The van der Waals surface area contributed by atoms with E-state index < -0.39 is 0 Å². The van der Waals surface area contributed by atoms with E-state index in [0.717, 1.165) is 5.56 Å². The highest BCUT2D eigenvalue weighted by atomic mass is 16.5. The van der Waals surface area contributed by atoms with Gasteiger partial charge in [-0.2, -0.15) is 0 Å². The Balaban J connectivity index is 1.66. The van der Waals surface area contributed by atoms with E-state index in [-0.39, 0.29) is 11.8 Å². The number of nitrogens with one attached hydrogen (secondary N) is 2. The first-order valence-corrected chi connectivity index (χ1v) is 9.09. The minimum absolute atomic E-state index is 0.196. The summed E-state index contributed by atoms with van der Waals surface area (Å²) in [6.45, 7) is 1.88. The van der Waals surface area contributed by atoms with E-state index in [4.69, 9.17) is 9.47 Å². The van der Waals surface area contributed by atoms with Crippen LogP contribution in [0.25, 0.3) is 0 Å². The Hall–Kier alpha value is -3.80. The molecule has 148 valence electrons. The van der Waals surface area contributed by atoms with Gasteiger partial charge in [0.1, 0.15) is 18.1 Å². The third kappa shape index (κ3) is 5.59. The molecule has 29 heavy (non-hydrogen) atoms. The van der Waals surface area contributed by atoms with Gasteiger partial charge in [-0.1, -0.05) is 30.3 Å². The van der Waals surface area contributed by atoms with Gasteiger partial charge < -0.3 is 20.1 Å². The van der Waals surface area contributed by atoms with Crippen molar-refractivity contribution in [2.75, 3.05) is 17.7 Å². The van der Waals surface area contributed by atoms with Crippen LogP contribution in [0.5, 0.6) is 11.5 Å². The molecular formula is C23H22N2O4. The topological polar surface area (TPSA) is 76.7 Å². The number of amides is 2. The molecule has 0 spiro atoms. The van der Waals surface area contributed by atoms with Gasteiger partial charge in [-0.05, 0) is 48.0 Å². The summed E-state index contributed by atoms with van der Waals surface area (Å²) in [7, 11) is 1.52. The van der Waals surface area contributed by atoms with E-state index in [1.54, 1.807) is 42.5 Å². The molecule has 0 bridgehead atoms. The van der Waals surface area contributed by atoms with Gasteiger partial charge in [-0.25, -0.2) is 0 Å². The van der Waals surface area contributed by atoms with Crippen molar-refractivity contribution in [2.45, 2.75) is 13.5 Å². The lowest BCUT2D eigenvalue weighted by Crippen LogP contribution is -2.13. The molecule has 0 aliphatic carbocycles. The lowest BCUT2D eigenvalue weighted by molar-refractivity contribution is -0.114. The number of carbonyl (C=O) groups excluding carboxylic acids is 2. The maximum atomic E-state index is 12.6. The van der Waals surface area contributed by atoms with Crippen molar-refractivity contribution < 1.29 is 19.1 Å². The molecule has 3 aromatic carbocycles. The van der Waals surface area contributed by atoms with Gasteiger partial charge in [0.05, 0.1) is 12.8 Å². The number of hydrogen-bond donors (Lipinski definition) is 2. The highest BCUT2D eigenvalue weighted by Gasteiger charge is 2.11. The average molecular weight is 390 g/mol. The molecule has 3 rings (SSSR count). The van der Waals surface area contributed by atoms with Crippen LogP contribution in [-0.2, 0) is 11.4 Å². The van der Waals surface area contributed by atoms with E-state index in [1.807, 2.05) is 30.3 Å². The van der Waals surface area contributed by atoms with Crippen molar-refractivity contribution in [3.8, 4) is 11.5 Å². The van der Waals surface area contributed by atoms with Crippen LogP contribution in [0.15, 0.2) is 72.8 Å². The third-order valence-electron chi connectivity index (χ3n) is 4.13. The third-order valence-corrected chi connectivity index (χ3v) is 4.13. The molecule has 2 N–H and O–H groups in total. The van der Waals surface area contributed by atoms with Crippen molar-refractivity contribution in [3.05, 3.63) is 83.9 Å². The number of methoxy groups -OCH3 is 1. The van der Waals surface area contributed by atoms with Gasteiger partial charge >= 0.3 is 0 Å². The van der Waals surface area contributed by atoms with E-state index in [0.29, 0.717) is 35.0 Å². The number of anilines is 2. The Labute approximate surface area is 169 Å². The molecule has 0 fully saturated rings. The highest BCUT2D eigenvalue weighted by Crippen LogP contribution is 2.28. The number of benzene rings is 3. The van der Waals surface area contributed by atoms with Crippen LogP contribution >= 0.6 is 0 Å². The number of ether oxygens (including phenoxy) is 2. The van der Waals surface area contributed by atoms with Gasteiger partial charge in [0.25, 0.3) is 5.91 Å². The van der Waals surface area contributed by atoms with Gasteiger partial charge in [0.2, 0.25) is 5.91 Å². The van der Waals surface area contributed by atoms with Crippen LogP contribution < -0.4 is 20.1 Å². The number of rotatable bonds is 7. The summed E-state index contributed by atoms with van der Waals surface area (Å²) < 4.78 is 11.0. The molecule has 2 amide bonds. The fourth-order valence-electron chi connectivity index (χ4n) is 2.72. The van der Waals surface area contributed by atoms with Gasteiger partial charge in [0.15, 0.2) is 0 Å². The highest BCUT2D eigenvalue weighted by molar-refractivity contribution is 6.05. The molecule has 0 saturated heterocycles. The molecule has 6 heteroatoms. The fraction of sp³-hybridized carbons (Fsp3) is 0.130. The Morgan fingerprint density at radius 3 is 2.28 bits per heavy atom. The average Bonchev–Trinajstić information content (AvgIpc) is 2.73. The molecular weight excluding hydrogens is 368 g/mol. The summed E-state index contributed by atoms with van der Waals surface area (Å²) in [4.78, 5) is 23.9. The van der Waals surface area contributed by atoms with Gasteiger partial charge in [-0.15, -0.1) is 0 Å². The monoisotopic (exact) mass is 390 g/mol. The lowest BCUT2D eigenvalue weighted by Gasteiger charge is -2.13. The van der Waals surface area contributed by atoms with Crippen molar-refractivity contribution >= 4 is 23.2 Å². The van der Waals surface area contributed by atoms with Crippen molar-refractivity contribution in [1.82, 2.24) is 0 Å². The summed E-state index contributed by atoms with van der Waals surface area (Å²) in [6.07, 6.45) is 0. The molecule has 0 radical (unpaired) electrons. The second kappa shape index (κ2) is 9.41. The molecule has 6 nitrogen and oxygen atoms in total. The summed E-state index contributed by atoms with van der Waals surface area (Å²) in [6, 6.07) is 21.8. The molecule has 0 aliphatic rings. The van der Waals surface area contributed by atoms with Gasteiger partial charge in [0, 0.05) is 18.2 Å². The zero-order chi connectivity index (χ0) is 20.6. The largest absolute Gasteiger partial charge is 0.495 e. The Morgan fingerprint density at radius 1 is 0.897 bits per heavy atom. The maximum absolute atomic E-state index is 12.6. The van der Waals surface area contributed by atoms with Crippen molar-refractivity contribution in [2.24, 2.45) is 0 Å². The Kier molecular flexibility index (Phi) is 6.47. The van der Waals surface area contributed by atoms with E-state index >= 15 is 0 Å². The van der Waals surface area contributed by atoms with Gasteiger partial charge in [-0.3, -0.25) is 9.59 Å². The Bertz CT molecular complexity index is 986. The molecule has 0 aromatic heterocycles. The lowest BCUT2D eigenvalue weighted by atomic mass is 10.2. The second-order valence-electron chi connectivity index (χ2n) is 6.35. The zero-order valence-electron chi connectivity index (χ0n) is 16.3. The summed E-state index contributed by atoms with van der Waals surface area (Å²) in [5, 5.41) is 5.49. The first kappa shape index (κ1) is 19.9. The molecule has 0 saturated carbocycles. The minimum atomic E-state index is -0.294. The van der Waals surface area contributed by atoms with E-state index in [2.05, 4.69) is 10.6 Å². The van der Waals surface area contributed by atoms with Crippen LogP contribution in [0.2, 0.25) is 0 Å². The van der Waals surface area contributed by atoms with Crippen molar-refractivity contribution in [3.63, 3.8) is 0 Å². The number of hydrogen-bond acceptors (Lipinski definition) is 4. The van der Waals surface area contributed by atoms with E-state index in [1.165, 1.54) is 14.0 Å². The number of carbonyl (C=O) groups is 2. The quantitative estimate of drug-likeness (QED) is 0.623. The minimum Gasteiger partial charge on any atom is -0.495 e. The SMILES string of the molecule is COc1ccc(NC(C)=O)cc1NC(=O)c1ccc(OCc2ccccc2)cc1. The molecule has 0 heterocycles. The molecule has 3 aromatic rings. The van der Waals surface area contributed by atoms with Crippen LogP contribution in [-0.4, -0.2) is 18.9 Å². The smallest absolute Gasteiger partial charge is 0.255 e. The predicted octanol–water partition coefficient (Wildman–Crippen LogP) is 4.48. The summed E-state index contributed by atoms with van der Waals surface area (Å²) in [5.41, 5.74) is 2.58. The van der Waals surface area contributed by atoms with Crippen LogP contribution in [0.4, 0.5) is 11.4 Å². The van der Waals surface area contributed by atoms with Crippen LogP contribution in [0.3, 0.4) is 0 Å². The van der Waals surface area contributed by atoms with Crippen molar-refractivity contribution in [1.29, 1.82) is 0 Å². The zero-order valence-corrected chi connectivity index (χ0v) is 16.3. The molecule has 0 atom stereocenters.